The summed E-state index contributed by atoms with van der Waals surface area (Å²) >= 11 is 0. The van der Waals surface area contributed by atoms with Crippen LogP contribution in [0.5, 0.6) is 0 Å². The van der Waals surface area contributed by atoms with Gasteiger partial charge in [0.25, 0.3) is 0 Å². The lowest BCUT2D eigenvalue weighted by atomic mass is 9.70. The van der Waals surface area contributed by atoms with E-state index < -0.39 is 5.41 Å². The fourth-order valence-electron chi connectivity index (χ4n) is 8.53. The Labute approximate surface area is 258 Å². The summed E-state index contributed by atoms with van der Waals surface area (Å²) in [5, 5.41) is 4.66. The van der Waals surface area contributed by atoms with Gasteiger partial charge in [-0.05, 0) is 92.0 Å². The molecule has 2 aromatic heterocycles. The molecule has 2 aliphatic carbocycles. The van der Waals surface area contributed by atoms with E-state index in [-0.39, 0.29) is 0 Å². The smallest absolute Gasteiger partial charge is 0.136 e. The summed E-state index contributed by atoms with van der Waals surface area (Å²) < 4.78 is 12.6. The summed E-state index contributed by atoms with van der Waals surface area (Å²) in [6, 6.07) is 52.9. The molecule has 2 heteroatoms. The molecule has 0 bridgehead atoms. The number of benzene rings is 7. The first-order valence-electron chi connectivity index (χ1n) is 15.5. The predicted octanol–water partition coefficient (Wildman–Crippen LogP) is 11.5. The lowest BCUT2D eigenvalue weighted by Gasteiger charge is -2.30. The zero-order valence-corrected chi connectivity index (χ0v) is 24.2. The molecule has 9 aromatic rings. The summed E-state index contributed by atoms with van der Waals surface area (Å²) in [4.78, 5) is 0. The van der Waals surface area contributed by atoms with Gasteiger partial charge in [0.2, 0.25) is 0 Å². The molecular formula is C43H24O2. The van der Waals surface area contributed by atoms with Crippen LogP contribution in [0, 0.1) is 0 Å². The lowest BCUT2D eigenvalue weighted by molar-refractivity contribution is 0.668. The van der Waals surface area contributed by atoms with E-state index in [2.05, 4.69) is 133 Å². The third-order valence-corrected chi connectivity index (χ3v) is 10.3. The van der Waals surface area contributed by atoms with Crippen molar-refractivity contribution in [2.45, 2.75) is 5.41 Å². The Morgan fingerprint density at radius 1 is 0.356 bits per heavy atom. The standard InChI is InChI=1S/C43H24O2/c1-5-13-33-27(9-1)28-19-17-26(25-18-21-39-32(23-25)29-10-3-7-15-37(29)44-39)24-36(28)43(33)34-14-6-2-11-30(34)41-35(43)20-22-40-42(41)31-12-4-8-16-38(31)45-40/h1-24H. The van der Waals surface area contributed by atoms with Crippen molar-refractivity contribution in [2.75, 3.05) is 0 Å². The molecule has 2 nitrogen and oxygen atoms in total. The van der Waals surface area contributed by atoms with Crippen LogP contribution in [-0.2, 0) is 5.41 Å². The average molecular weight is 573 g/mol. The van der Waals surface area contributed by atoms with Gasteiger partial charge in [0, 0.05) is 21.5 Å². The zero-order chi connectivity index (χ0) is 29.3. The van der Waals surface area contributed by atoms with E-state index in [1.54, 1.807) is 0 Å². The molecule has 0 saturated carbocycles. The highest BCUT2D eigenvalue weighted by molar-refractivity contribution is 6.16. The topological polar surface area (TPSA) is 26.3 Å². The van der Waals surface area contributed by atoms with Crippen molar-refractivity contribution in [3.05, 3.63) is 168 Å². The number of rotatable bonds is 1. The highest BCUT2D eigenvalue weighted by Gasteiger charge is 2.52. The van der Waals surface area contributed by atoms with E-state index in [4.69, 9.17) is 8.83 Å². The van der Waals surface area contributed by atoms with E-state index in [0.717, 1.165) is 38.5 Å². The maximum absolute atomic E-state index is 6.41. The van der Waals surface area contributed by atoms with Crippen LogP contribution in [-0.4, -0.2) is 0 Å². The molecule has 11 rings (SSSR count). The van der Waals surface area contributed by atoms with Crippen molar-refractivity contribution in [3.63, 3.8) is 0 Å². The predicted molar refractivity (Wildman–Crippen MR) is 183 cm³/mol. The molecule has 0 N–H and O–H groups in total. The fraction of sp³-hybridized carbons (Fsp3) is 0.0233. The van der Waals surface area contributed by atoms with Crippen LogP contribution in [0.25, 0.3) is 77.3 Å². The fourth-order valence-corrected chi connectivity index (χ4v) is 8.53. The summed E-state index contributed by atoms with van der Waals surface area (Å²) in [6.07, 6.45) is 0. The molecule has 1 unspecified atom stereocenters. The second kappa shape index (κ2) is 8.19. The van der Waals surface area contributed by atoms with Gasteiger partial charge in [-0.3, -0.25) is 0 Å². The van der Waals surface area contributed by atoms with E-state index in [1.807, 2.05) is 12.1 Å². The quantitative estimate of drug-likeness (QED) is 0.196. The average Bonchev–Trinajstić information content (AvgIpc) is 3.82. The summed E-state index contributed by atoms with van der Waals surface area (Å²) in [5.41, 5.74) is 16.1. The molecule has 45 heavy (non-hydrogen) atoms. The van der Waals surface area contributed by atoms with Crippen molar-refractivity contribution in [1.82, 2.24) is 0 Å². The van der Waals surface area contributed by atoms with Crippen LogP contribution in [0.3, 0.4) is 0 Å². The Bertz CT molecular complexity index is 2720. The third-order valence-electron chi connectivity index (χ3n) is 10.3. The zero-order valence-electron chi connectivity index (χ0n) is 24.2. The van der Waals surface area contributed by atoms with Crippen LogP contribution in [0.15, 0.2) is 154 Å². The number of hydrogen-bond donors (Lipinski definition) is 0. The van der Waals surface area contributed by atoms with Crippen LogP contribution < -0.4 is 0 Å². The molecule has 0 aliphatic heterocycles. The number of fused-ring (bicyclic) bond motifs is 17. The molecule has 1 spiro atoms. The van der Waals surface area contributed by atoms with E-state index in [0.29, 0.717) is 0 Å². The monoisotopic (exact) mass is 572 g/mol. The van der Waals surface area contributed by atoms with E-state index >= 15 is 0 Å². The number of hydrogen-bond acceptors (Lipinski definition) is 2. The highest BCUT2D eigenvalue weighted by atomic mass is 16.3. The summed E-state index contributed by atoms with van der Waals surface area (Å²) in [7, 11) is 0. The molecular weight excluding hydrogens is 548 g/mol. The van der Waals surface area contributed by atoms with Crippen molar-refractivity contribution in [3.8, 4) is 33.4 Å². The Morgan fingerprint density at radius 3 is 1.80 bits per heavy atom. The van der Waals surface area contributed by atoms with Crippen LogP contribution in [0.4, 0.5) is 0 Å². The Balaban J connectivity index is 1.25. The number of furan rings is 2. The minimum atomic E-state index is -0.438. The first-order chi connectivity index (χ1) is 22.3. The van der Waals surface area contributed by atoms with Gasteiger partial charge < -0.3 is 8.83 Å². The molecule has 1 atom stereocenters. The van der Waals surface area contributed by atoms with Crippen molar-refractivity contribution < 1.29 is 8.83 Å². The Morgan fingerprint density at radius 2 is 0.933 bits per heavy atom. The van der Waals surface area contributed by atoms with Gasteiger partial charge in [0.05, 0.1) is 5.41 Å². The minimum absolute atomic E-state index is 0.438. The van der Waals surface area contributed by atoms with Gasteiger partial charge >= 0.3 is 0 Å². The Kier molecular flexibility index (Phi) is 4.29. The first kappa shape index (κ1) is 23.6. The molecule has 208 valence electrons. The molecule has 0 amide bonds. The van der Waals surface area contributed by atoms with Crippen molar-refractivity contribution in [2.24, 2.45) is 0 Å². The van der Waals surface area contributed by atoms with Gasteiger partial charge in [-0.25, -0.2) is 0 Å². The second-order valence-electron chi connectivity index (χ2n) is 12.4. The molecule has 0 fully saturated rings. The second-order valence-corrected chi connectivity index (χ2v) is 12.4. The molecule has 2 heterocycles. The van der Waals surface area contributed by atoms with Crippen molar-refractivity contribution >= 4 is 43.9 Å². The molecule has 0 radical (unpaired) electrons. The van der Waals surface area contributed by atoms with Gasteiger partial charge in [-0.2, -0.15) is 0 Å². The highest BCUT2D eigenvalue weighted by Crippen LogP contribution is 2.64. The first-order valence-corrected chi connectivity index (χ1v) is 15.5. The van der Waals surface area contributed by atoms with Gasteiger partial charge in [0.15, 0.2) is 0 Å². The van der Waals surface area contributed by atoms with Crippen LogP contribution in [0.1, 0.15) is 22.3 Å². The van der Waals surface area contributed by atoms with Crippen molar-refractivity contribution in [1.29, 1.82) is 0 Å². The van der Waals surface area contributed by atoms with Gasteiger partial charge in [-0.15, -0.1) is 0 Å². The summed E-state index contributed by atoms with van der Waals surface area (Å²) in [6.45, 7) is 0. The normalized spacial score (nSPS) is 16.1. The maximum atomic E-state index is 6.41. The lowest BCUT2D eigenvalue weighted by Crippen LogP contribution is -2.25. The molecule has 2 aliphatic rings. The summed E-state index contributed by atoms with van der Waals surface area (Å²) in [5.74, 6) is 0. The number of para-hydroxylation sites is 2. The maximum Gasteiger partial charge on any atom is 0.136 e. The van der Waals surface area contributed by atoms with Gasteiger partial charge in [-0.1, -0.05) is 109 Å². The van der Waals surface area contributed by atoms with E-state index in [1.165, 1.54) is 61.0 Å². The van der Waals surface area contributed by atoms with E-state index in [9.17, 15) is 0 Å². The third kappa shape index (κ3) is 2.81. The molecule has 7 aromatic carbocycles. The van der Waals surface area contributed by atoms with Crippen LogP contribution in [0.2, 0.25) is 0 Å². The minimum Gasteiger partial charge on any atom is -0.456 e. The van der Waals surface area contributed by atoms with Crippen LogP contribution >= 0.6 is 0 Å². The largest absolute Gasteiger partial charge is 0.456 e. The Hall–Kier alpha value is -5.86. The molecule has 0 saturated heterocycles. The van der Waals surface area contributed by atoms with Gasteiger partial charge in [0.1, 0.15) is 22.3 Å². The SMILES string of the molecule is c1ccc2c(c1)-c1ccc(-c3ccc4oc5ccccc5c4c3)cc1C21c2ccccc2-c2c1ccc1oc3ccccc3c21.